The SMILES string of the molecule is CCC(=C(c1ccc(O)cc1)c1ccc(C2CCN(CCCCCNc3ccc4c(c3)CN(C3CCC(=O)NC3=O)C4=O)CC2)cc1)c1ccccc1. The first-order valence-electron chi connectivity index (χ1n) is 19.3. The molecule has 0 bridgehead atoms. The number of nitrogens with zero attached hydrogens (tertiary/aromatic N) is 2. The summed E-state index contributed by atoms with van der Waals surface area (Å²) in [6.07, 6.45) is 7.29. The van der Waals surface area contributed by atoms with Crippen LogP contribution in [-0.2, 0) is 16.1 Å². The van der Waals surface area contributed by atoms with E-state index in [0.29, 0.717) is 24.4 Å². The number of hydrogen-bond donors (Lipinski definition) is 3. The molecule has 1 unspecified atom stereocenters. The summed E-state index contributed by atoms with van der Waals surface area (Å²) in [5, 5.41) is 15.9. The lowest BCUT2D eigenvalue weighted by atomic mass is 9.85. The Kier molecular flexibility index (Phi) is 11.4. The second-order valence-electron chi connectivity index (χ2n) is 14.6. The Hall–Kier alpha value is -5.21. The van der Waals surface area contributed by atoms with E-state index >= 15 is 0 Å². The predicted octanol–water partition coefficient (Wildman–Crippen LogP) is 7.98. The van der Waals surface area contributed by atoms with Crippen molar-refractivity contribution in [3.8, 4) is 5.75 Å². The summed E-state index contributed by atoms with van der Waals surface area (Å²) in [6.45, 7) is 6.86. The van der Waals surface area contributed by atoms with Gasteiger partial charge in [0.2, 0.25) is 11.8 Å². The first-order chi connectivity index (χ1) is 25.9. The van der Waals surface area contributed by atoms with Crippen LogP contribution in [0.2, 0.25) is 0 Å². The number of allylic oxidation sites excluding steroid dienone is 1. The van der Waals surface area contributed by atoms with Gasteiger partial charge in [-0.05, 0) is 133 Å². The predicted molar refractivity (Wildman–Crippen MR) is 210 cm³/mol. The van der Waals surface area contributed by atoms with Crippen molar-refractivity contribution in [2.24, 2.45) is 0 Å². The summed E-state index contributed by atoms with van der Waals surface area (Å²) in [6, 6.07) is 32.6. The molecule has 0 spiro atoms. The van der Waals surface area contributed by atoms with Crippen molar-refractivity contribution >= 4 is 34.6 Å². The highest BCUT2D eigenvalue weighted by atomic mass is 16.3. The maximum Gasteiger partial charge on any atom is 0.255 e. The molecule has 0 aliphatic carbocycles. The average Bonchev–Trinajstić information content (AvgIpc) is 3.51. The molecule has 8 heteroatoms. The summed E-state index contributed by atoms with van der Waals surface area (Å²) in [5.74, 6) is 0.0603. The molecule has 3 heterocycles. The molecule has 0 saturated carbocycles. The number of aromatic hydroxyl groups is 1. The lowest BCUT2D eigenvalue weighted by Gasteiger charge is -2.32. The summed E-state index contributed by atoms with van der Waals surface area (Å²) >= 11 is 0. The zero-order valence-electron chi connectivity index (χ0n) is 30.7. The fraction of sp³-hybridized carbons (Fsp3) is 0.356. The fourth-order valence-electron chi connectivity index (χ4n) is 8.27. The molecule has 3 amide bonds. The maximum absolute atomic E-state index is 13.0. The first-order valence-corrected chi connectivity index (χ1v) is 19.3. The molecule has 8 nitrogen and oxygen atoms in total. The second-order valence-corrected chi connectivity index (χ2v) is 14.6. The van der Waals surface area contributed by atoms with E-state index in [-0.39, 0.29) is 29.9 Å². The van der Waals surface area contributed by atoms with Crippen LogP contribution < -0.4 is 10.6 Å². The van der Waals surface area contributed by atoms with E-state index in [1.165, 1.54) is 47.1 Å². The number of carbonyl (C=O) groups is 3. The van der Waals surface area contributed by atoms with E-state index in [2.05, 4.69) is 77.1 Å². The Balaban J connectivity index is 0.860. The van der Waals surface area contributed by atoms with Crippen molar-refractivity contribution < 1.29 is 19.5 Å². The molecule has 7 rings (SSSR count). The van der Waals surface area contributed by atoms with E-state index in [0.717, 1.165) is 62.3 Å². The largest absolute Gasteiger partial charge is 0.508 e. The van der Waals surface area contributed by atoms with Crippen LogP contribution in [0.4, 0.5) is 5.69 Å². The third kappa shape index (κ3) is 8.39. The van der Waals surface area contributed by atoms with E-state index < -0.39 is 6.04 Å². The van der Waals surface area contributed by atoms with Crippen molar-refractivity contribution in [3.63, 3.8) is 0 Å². The van der Waals surface area contributed by atoms with Gasteiger partial charge in [0.05, 0.1) is 0 Å². The minimum absolute atomic E-state index is 0.138. The third-order valence-electron chi connectivity index (χ3n) is 11.2. The summed E-state index contributed by atoms with van der Waals surface area (Å²) in [5.41, 5.74) is 10.0. The van der Waals surface area contributed by atoms with Gasteiger partial charge in [-0.2, -0.15) is 0 Å². The molecule has 53 heavy (non-hydrogen) atoms. The van der Waals surface area contributed by atoms with E-state index in [1.54, 1.807) is 17.0 Å². The van der Waals surface area contributed by atoms with Gasteiger partial charge in [0.15, 0.2) is 0 Å². The highest BCUT2D eigenvalue weighted by Gasteiger charge is 2.39. The molecule has 3 aliphatic heterocycles. The number of nitrogens with one attached hydrogen (secondary N) is 2. The van der Waals surface area contributed by atoms with Crippen LogP contribution in [0.3, 0.4) is 0 Å². The van der Waals surface area contributed by atoms with Crippen LogP contribution in [0.5, 0.6) is 5.75 Å². The molecule has 4 aromatic rings. The van der Waals surface area contributed by atoms with Crippen LogP contribution in [-0.4, -0.2) is 64.8 Å². The molecule has 0 aromatic heterocycles. The molecule has 4 aromatic carbocycles. The van der Waals surface area contributed by atoms with Gasteiger partial charge in [0, 0.05) is 30.8 Å². The molecule has 274 valence electrons. The van der Waals surface area contributed by atoms with Crippen molar-refractivity contribution in [1.29, 1.82) is 0 Å². The maximum atomic E-state index is 13.0. The van der Waals surface area contributed by atoms with Gasteiger partial charge in [-0.3, -0.25) is 19.7 Å². The number of benzene rings is 4. The van der Waals surface area contributed by atoms with Crippen LogP contribution in [0.25, 0.3) is 11.1 Å². The summed E-state index contributed by atoms with van der Waals surface area (Å²) in [4.78, 5) is 41.1. The number of phenolic OH excluding ortho intramolecular Hbond substituents is 1. The number of unbranched alkanes of at least 4 members (excludes halogenated alkanes) is 2. The molecule has 1 atom stereocenters. The minimum atomic E-state index is -0.588. The minimum Gasteiger partial charge on any atom is -0.508 e. The summed E-state index contributed by atoms with van der Waals surface area (Å²) in [7, 11) is 0. The number of imide groups is 1. The third-order valence-corrected chi connectivity index (χ3v) is 11.2. The Morgan fingerprint density at radius 2 is 1.53 bits per heavy atom. The molecular formula is C45H50N4O4. The van der Waals surface area contributed by atoms with Crippen molar-refractivity contribution in [2.75, 3.05) is 31.5 Å². The monoisotopic (exact) mass is 710 g/mol. The molecular weight excluding hydrogens is 661 g/mol. The van der Waals surface area contributed by atoms with Gasteiger partial charge in [-0.25, -0.2) is 0 Å². The highest BCUT2D eigenvalue weighted by Crippen LogP contribution is 2.37. The zero-order valence-corrected chi connectivity index (χ0v) is 30.7. The normalized spacial score (nSPS) is 18.5. The Morgan fingerprint density at radius 1 is 0.811 bits per heavy atom. The Bertz CT molecular complexity index is 1950. The van der Waals surface area contributed by atoms with Crippen LogP contribution in [0.1, 0.15) is 102 Å². The number of likely N-dealkylation sites (tertiary alicyclic amines) is 1. The number of amides is 3. The molecule has 0 radical (unpaired) electrons. The number of piperidine rings is 2. The van der Waals surface area contributed by atoms with Gasteiger partial charge in [0.25, 0.3) is 5.91 Å². The molecule has 3 aliphatic rings. The van der Waals surface area contributed by atoms with E-state index in [4.69, 9.17) is 0 Å². The fourth-order valence-corrected chi connectivity index (χ4v) is 8.27. The lowest BCUT2D eigenvalue weighted by molar-refractivity contribution is -0.136. The summed E-state index contributed by atoms with van der Waals surface area (Å²) < 4.78 is 0. The second kappa shape index (κ2) is 16.6. The van der Waals surface area contributed by atoms with Gasteiger partial charge in [0.1, 0.15) is 11.8 Å². The smallest absolute Gasteiger partial charge is 0.255 e. The Labute approximate surface area is 312 Å². The van der Waals surface area contributed by atoms with Gasteiger partial charge < -0.3 is 20.2 Å². The highest BCUT2D eigenvalue weighted by molar-refractivity contribution is 6.05. The number of hydrogen-bond acceptors (Lipinski definition) is 6. The van der Waals surface area contributed by atoms with Crippen LogP contribution >= 0.6 is 0 Å². The van der Waals surface area contributed by atoms with Gasteiger partial charge in [-0.15, -0.1) is 0 Å². The molecule has 2 fully saturated rings. The number of fused-ring (bicyclic) bond motifs is 1. The first kappa shape index (κ1) is 36.2. The number of rotatable bonds is 13. The van der Waals surface area contributed by atoms with Crippen molar-refractivity contribution in [1.82, 2.24) is 15.1 Å². The molecule has 3 N–H and O–H groups in total. The number of carbonyl (C=O) groups excluding carboxylic acids is 3. The standard InChI is InChI=1S/C45H50N4O4/c1-2-39(33-9-5-3-6-10-33)43(35-15-18-38(50)19-16-35)34-13-11-31(12-14-34)32-23-27-48(28-24-32)26-8-4-7-25-46-37-17-20-40-36(29-37)30-49(45(40)53)41-21-22-42(51)47-44(41)52/h3,5-6,9-20,29,32,41,46,50H,2,4,7-8,21-28,30H2,1H3,(H,47,51,52). The zero-order chi connectivity index (χ0) is 36.7. The number of anilines is 1. The molecule has 2 saturated heterocycles. The van der Waals surface area contributed by atoms with Crippen LogP contribution in [0.15, 0.2) is 97.1 Å². The number of phenols is 1. The van der Waals surface area contributed by atoms with Gasteiger partial charge >= 0.3 is 0 Å². The van der Waals surface area contributed by atoms with E-state index in [1.807, 2.05) is 30.3 Å². The average molecular weight is 711 g/mol. The van der Waals surface area contributed by atoms with Crippen molar-refractivity contribution in [3.05, 3.63) is 130 Å². The van der Waals surface area contributed by atoms with Gasteiger partial charge in [-0.1, -0.05) is 80.1 Å². The van der Waals surface area contributed by atoms with E-state index in [9.17, 15) is 19.5 Å². The Morgan fingerprint density at radius 3 is 2.23 bits per heavy atom. The van der Waals surface area contributed by atoms with Crippen LogP contribution in [0, 0.1) is 0 Å². The van der Waals surface area contributed by atoms with Crippen molar-refractivity contribution in [2.45, 2.75) is 76.8 Å². The lowest BCUT2D eigenvalue weighted by Crippen LogP contribution is -2.52. The topological polar surface area (TPSA) is 102 Å². The quantitative estimate of drug-likeness (QED) is 0.0739.